The molecule has 3 aromatic heterocycles. The summed E-state index contributed by atoms with van der Waals surface area (Å²) >= 11 is 0. The van der Waals surface area contributed by atoms with E-state index < -0.39 is 0 Å². The molecule has 4 heterocycles. The molecule has 8 nitrogen and oxygen atoms in total. The van der Waals surface area contributed by atoms with Gasteiger partial charge >= 0.3 is 0 Å². The Morgan fingerprint density at radius 3 is 2.75 bits per heavy atom. The standard InChI is InChI=1S/C20H20N8/c1-26-14-16(11-24-26)18-12-22-20-19(21-8-10-28(18)20)25-17-5-3-15(4-6-17)13-27-9-2-7-23-27/h3-8,10-12,14H,2,9,13H2,1H3,(H,21,25). The van der Waals surface area contributed by atoms with Crippen LogP contribution >= 0.6 is 0 Å². The van der Waals surface area contributed by atoms with E-state index in [2.05, 4.69) is 54.8 Å². The number of aryl methyl sites for hydroxylation is 1. The molecule has 5 rings (SSSR count). The largest absolute Gasteiger partial charge is 0.337 e. The van der Waals surface area contributed by atoms with Gasteiger partial charge in [-0.3, -0.25) is 14.1 Å². The van der Waals surface area contributed by atoms with Crippen molar-refractivity contribution in [1.82, 2.24) is 29.2 Å². The zero-order chi connectivity index (χ0) is 18.9. The molecule has 0 atom stereocenters. The minimum Gasteiger partial charge on any atom is -0.337 e. The van der Waals surface area contributed by atoms with Gasteiger partial charge in [-0.1, -0.05) is 12.1 Å². The Hall–Kier alpha value is -3.68. The van der Waals surface area contributed by atoms with Crippen LogP contribution in [0.5, 0.6) is 0 Å². The van der Waals surface area contributed by atoms with Gasteiger partial charge in [0.25, 0.3) is 0 Å². The van der Waals surface area contributed by atoms with E-state index in [4.69, 9.17) is 0 Å². The number of hydrogen-bond acceptors (Lipinski definition) is 6. The number of aromatic nitrogens is 5. The summed E-state index contributed by atoms with van der Waals surface area (Å²) < 4.78 is 3.80. The van der Waals surface area contributed by atoms with Crippen LogP contribution in [0.2, 0.25) is 0 Å². The predicted octanol–water partition coefficient (Wildman–Crippen LogP) is 3.06. The molecule has 0 saturated heterocycles. The van der Waals surface area contributed by atoms with Crippen molar-refractivity contribution >= 4 is 23.4 Å². The van der Waals surface area contributed by atoms with Gasteiger partial charge in [0, 0.05) is 56.1 Å². The molecule has 1 N–H and O–H groups in total. The summed E-state index contributed by atoms with van der Waals surface area (Å²) in [6.07, 6.45) is 12.3. The Kier molecular flexibility index (Phi) is 4.01. The van der Waals surface area contributed by atoms with E-state index in [1.807, 2.05) is 42.5 Å². The van der Waals surface area contributed by atoms with Crippen LogP contribution in [0.1, 0.15) is 12.0 Å². The third-order valence-electron chi connectivity index (χ3n) is 4.77. The van der Waals surface area contributed by atoms with Crippen LogP contribution in [0, 0.1) is 0 Å². The van der Waals surface area contributed by atoms with Crippen molar-refractivity contribution in [2.24, 2.45) is 12.1 Å². The smallest absolute Gasteiger partial charge is 0.180 e. The highest BCUT2D eigenvalue weighted by molar-refractivity contribution is 5.73. The van der Waals surface area contributed by atoms with E-state index in [1.54, 1.807) is 10.9 Å². The van der Waals surface area contributed by atoms with Gasteiger partial charge in [0.05, 0.1) is 24.6 Å². The molecule has 1 aliphatic heterocycles. The number of fused-ring (bicyclic) bond motifs is 1. The van der Waals surface area contributed by atoms with Gasteiger partial charge in [0.1, 0.15) is 0 Å². The third-order valence-corrected chi connectivity index (χ3v) is 4.77. The number of imidazole rings is 1. The van der Waals surface area contributed by atoms with Crippen LogP contribution in [0.25, 0.3) is 16.9 Å². The molecule has 0 aliphatic carbocycles. The van der Waals surface area contributed by atoms with Crippen LogP contribution in [0.3, 0.4) is 0 Å². The molecule has 140 valence electrons. The normalized spacial score (nSPS) is 13.5. The quantitative estimate of drug-likeness (QED) is 0.583. The average molecular weight is 372 g/mol. The van der Waals surface area contributed by atoms with Crippen LogP contribution in [0.15, 0.2) is 60.4 Å². The highest BCUT2D eigenvalue weighted by Crippen LogP contribution is 2.25. The van der Waals surface area contributed by atoms with Crippen LogP contribution in [-0.2, 0) is 13.6 Å². The fourth-order valence-corrected chi connectivity index (χ4v) is 3.37. The predicted molar refractivity (Wildman–Crippen MR) is 108 cm³/mol. The van der Waals surface area contributed by atoms with E-state index >= 15 is 0 Å². The second-order valence-corrected chi connectivity index (χ2v) is 6.81. The number of nitrogens with zero attached hydrogens (tertiary/aromatic N) is 7. The van der Waals surface area contributed by atoms with Crippen molar-refractivity contribution in [2.75, 3.05) is 11.9 Å². The third kappa shape index (κ3) is 3.09. The van der Waals surface area contributed by atoms with Gasteiger partial charge in [-0.25, -0.2) is 9.97 Å². The molecule has 0 bridgehead atoms. The van der Waals surface area contributed by atoms with Gasteiger partial charge in [-0.15, -0.1) is 0 Å². The SMILES string of the molecule is Cn1cc(-c2cnc3c(Nc4ccc(CN5CCC=N5)cc4)nccn23)cn1. The van der Waals surface area contributed by atoms with E-state index in [0.717, 1.165) is 47.9 Å². The summed E-state index contributed by atoms with van der Waals surface area (Å²) in [5, 5.41) is 14.1. The Balaban J connectivity index is 1.39. The lowest BCUT2D eigenvalue weighted by molar-refractivity contribution is 0.310. The van der Waals surface area contributed by atoms with Gasteiger partial charge in [-0.2, -0.15) is 10.2 Å². The highest BCUT2D eigenvalue weighted by atomic mass is 15.5. The first-order chi connectivity index (χ1) is 13.8. The van der Waals surface area contributed by atoms with Crippen molar-refractivity contribution < 1.29 is 0 Å². The summed E-state index contributed by atoms with van der Waals surface area (Å²) in [4.78, 5) is 9.04. The molecule has 0 radical (unpaired) electrons. The van der Waals surface area contributed by atoms with Crippen molar-refractivity contribution in [1.29, 1.82) is 0 Å². The first-order valence-electron chi connectivity index (χ1n) is 9.21. The molecule has 0 saturated carbocycles. The maximum atomic E-state index is 4.56. The van der Waals surface area contributed by atoms with Gasteiger partial charge in [-0.05, 0) is 17.7 Å². The molecule has 1 aliphatic rings. The summed E-state index contributed by atoms with van der Waals surface area (Å²) in [6, 6.07) is 8.35. The summed E-state index contributed by atoms with van der Waals surface area (Å²) in [5.41, 5.74) is 4.98. The fraction of sp³-hybridized carbons (Fsp3) is 0.200. The fourth-order valence-electron chi connectivity index (χ4n) is 3.37. The number of hydrogen-bond donors (Lipinski definition) is 1. The minimum atomic E-state index is 0.717. The van der Waals surface area contributed by atoms with E-state index in [9.17, 15) is 0 Å². The Labute approximate surface area is 162 Å². The van der Waals surface area contributed by atoms with Crippen molar-refractivity contribution in [3.8, 4) is 11.3 Å². The lowest BCUT2D eigenvalue weighted by atomic mass is 10.2. The molecule has 0 amide bonds. The molecule has 28 heavy (non-hydrogen) atoms. The lowest BCUT2D eigenvalue weighted by Gasteiger charge is -2.14. The first kappa shape index (κ1) is 16.5. The summed E-state index contributed by atoms with van der Waals surface area (Å²) in [7, 11) is 1.90. The lowest BCUT2D eigenvalue weighted by Crippen LogP contribution is -2.13. The molecule has 0 spiro atoms. The zero-order valence-electron chi connectivity index (χ0n) is 15.5. The minimum absolute atomic E-state index is 0.717. The Bertz CT molecular complexity index is 1140. The molecule has 8 heteroatoms. The average Bonchev–Trinajstić information content (AvgIpc) is 3.44. The molecule has 0 fully saturated rings. The molecule has 1 aromatic carbocycles. The second kappa shape index (κ2) is 6.80. The van der Waals surface area contributed by atoms with Crippen molar-refractivity contribution in [3.63, 3.8) is 0 Å². The molecule has 4 aromatic rings. The first-order valence-corrected chi connectivity index (χ1v) is 9.21. The zero-order valence-corrected chi connectivity index (χ0v) is 15.5. The van der Waals surface area contributed by atoms with Gasteiger partial charge < -0.3 is 5.32 Å². The molecule has 0 unspecified atom stereocenters. The number of benzene rings is 1. The Morgan fingerprint density at radius 1 is 1.11 bits per heavy atom. The van der Waals surface area contributed by atoms with Crippen molar-refractivity contribution in [3.05, 3.63) is 60.8 Å². The highest BCUT2D eigenvalue weighted by Gasteiger charge is 2.12. The molecular formula is C20H20N8. The van der Waals surface area contributed by atoms with Crippen molar-refractivity contribution in [2.45, 2.75) is 13.0 Å². The maximum Gasteiger partial charge on any atom is 0.180 e. The topological polar surface area (TPSA) is 75.6 Å². The summed E-state index contributed by atoms with van der Waals surface area (Å²) in [6.45, 7) is 1.82. The van der Waals surface area contributed by atoms with E-state index in [-0.39, 0.29) is 0 Å². The van der Waals surface area contributed by atoms with Crippen LogP contribution in [-0.4, -0.2) is 41.9 Å². The van der Waals surface area contributed by atoms with Crippen LogP contribution < -0.4 is 5.32 Å². The monoisotopic (exact) mass is 372 g/mol. The second-order valence-electron chi connectivity index (χ2n) is 6.81. The number of nitrogens with one attached hydrogen (secondary N) is 1. The number of hydrazone groups is 1. The van der Waals surface area contributed by atoms with E-state index in [1.165, 1.54) is 5.56 Å². The van der Waals surface area contributed by atoms with Gasteiger partial charge in [0.2, 0.25) is 0 Å². The number of rotatable bonds is 5. The van der Waals surface area contributed by atoms with Gasteiger partial charge in [0.15, 0.2) is 11.5 Å². The number of anilines is 2. The maximum absolute atomic E-state index is 4.56. The van der Waals surface area contributed by atoms with Crippen LogP contribution in [0.4, 0.5) is 11.5 Å². The summed E-state index contributed by atoms with van der Waals surface area (Å²) in [5.74, 6) is 0.717. The van der Waals surface area contributed by atoms with E-state index in [0.29, 0.717) is 0 Å². The molecular weight excluding hydrogens is 352 g/mol. The Morgan fingerprint density at radius 2 is 2.00 bits per heavy atom.